The zero-order valence-corrected chi connectivity index (χ0v) is 8.33. The Balaban J connectivity index is 2.35. The van der Waals surface area contributed by atoms with Gasteiger partial charge in [0.05, 0.1) is 12.0 Å². The minimum Gasteiger partial charge on any atom is -0.332 e. The monoisotopic (exact) mass is 179 g/mol. The molecule has 13 heavy (non-hydrogen) atoms. The van der Waals surface area contributed by atoms with Crippen LogP contribution in [0.3, 0.4) is 0 Å². The van der Waals surface area contributed by atoms with Crippen LogP contribution in [0.4, 0.5) is 0 Å². The van der Waals surface area contributed by atoms with E-state index in [0.29, 0.717) is 12.1 Å². The lowest BCUT2D eigenvalue weighted by molar-refractivity contribution is 0.511. The molecule has 3 heteroatoms. The Morgan fingerprint density at radius 2 is 2.38 bits per heavy atom. The smallest absolute Gasteiger partial charge is 0.0954 e. The van der Waals surface area contributed by atoms with Crippen LogP contribution in [0.5, 0.6) is 0 Å². The van der Waals surface area contributed by atoms with Crippen molar-refractivity contribution in [3.05, 3.63) is 17.7 Å². The second-order valence-electron chi connectivity index (χ2n) is 4.14. The van der Waals surface area contributed by atoms with Crippen LogP contribution in [-0.4, -0.2) is 15.6 Å². The first-order chi connectivity index (χ1) is 6.18. The van der Waals surface area contributed by atoms with Crippen molar-refractivity contribution in [2.45, 2.75) is 45.2 Å². The molecule has 3 nitrogen and oxygen atoms in total. The second kappa shape index (κ2) is 3.14. The number of imidazole rings is 1. The van der Waals surface area contributed by atoms with E-state index in [2.05, 4.69) is 23.4 Å². The van der Waals surface area contributed by atoms with E-state index in [0.717, 1.165) is 19.3 Å². The number of nitrogens with zero attached hydrogens (tertiary/aromatic N) is 2. The maximum absolute atomic E-state index is 5.94. The van der Waals surface area contributed by atoms with Crippen molar-refractivity contribution >= 4 is 0 Å². The first-order valence-corrected chi connectivity index (χ1v) is 4.98. The average Bonchev–Trinajstić information content (AvgIpc) is 2.46. The molecule has 2 rings (SSSR count). The number of hydrogen-bond acceptors (Lipinski definition) is 2. The largest absolute Gasteiger partial charge is 0.332 e. The molecule has 1 unspecified atom stereocenters. The summed E-state index contributed by atoms with van der Waals surface area (Å²) in [6, 6.07) is 0.836. The molecule has 1 aliphatic carbocycles. The van der Waals surface area contributed by atoms with Crippen LogP contribution >= 0.6 is 0 Å². The topological polar surface area (TPSA) is 43.8 Å². The summed E-state index contributed by atoms with van der Waals surface area (Å²) >= 11 is 0. The van der Waals surface area contributed by atoms with Gasteiger partial charge in [-0.05, 0) is 26.7 Å². The van der Waals surface area contributed by atoms with E-state index in [9.17, 15) is 0 Å². The van der Waals surface area contributed by atoms with Crippen molar-refractivity contribution in [1.29, 1.82) is 0 Å². The highest BCUT2D eigenvalue weighted by Gasteiger charge is 2.20. The van der Waals surface area contributed by atoms with Crippen LogP contribution < -0.4 is 5.73 Å². The number of fused-ring (bicyclic) bond motifs is 1. The third kappa shape index (κ3) is 1.48. The first kappa shape index (κ1) is 8.75. The Bertz CT molecular complexity index is 301. The number of hydrogen-bond donors (Lipinski definition) is 1. The maximum Gasteiger partial charge on any atom is 0.0954 e. The third-order valence-corrected chi connectivity index (χ3v) is 2.75. The van der Waals surface area contributed by atoms with Crippen LogP contribution in [0.2, 0.25) is 0 Å². The lowest BCUT2D eigenvalue weighted by Crippen LogP contribution is -2.29. The number of rotatable bonds is 1. The zero-order valence-electron chi connectivity index (χ0n) is 8.33. The van der Waals surface area contributed by atoms with Crippen molar-refractivity contribution in [3.63, 3.8) is 0 Å². The van der Waals surface area contributed by atoms with Gasteiger partial charge in [0.2, 0.25) is 0 Å². The molecule has 1 aliphatic rings. The lowest BCUT2D eigenvalue weighted by Gasteiger charge is -2.21. The normalized spacial score (nSPS) is 22.0. The quantitative estimate of drug-likeness (QED) is 0.705. The number of aryl methyl sites for hydroxylation is 1. The molecule has 0 amide bonds. The van der Waals surface area contributed by atoms with Gasteiger partial charge in [-0.2, -0.15) is 0 Å². The van der Waals surface area contributed by atoms with Gasteiger partial charge >= 0.3 is 0 Å². The molecule has 1 aromatic heterocycles. The van der Waals surface area contributed by atoms with Crippen molar-refractivity contribution in [2.75, 3.05) is 0 Å². The Hall–Kier alpha value is -0.830. The summed E-state index contributed by atoms with van der Waals surface area (Å²) in [4.78, 5) is 4.42. The summed E-state index contributed by atoms with van der Waals surface area (Å²) in [7, 11) is 0. The van der Waals surface area contributed by atoms with Gasteiger partial charge < -0.3 is 10.3 Å². The van der Waals surface area contributed by atoms with Crippen LogP contribution in [0.25, 0.3) is 0 Å². The van der Waals surface area contributed by atoms with Crippen LogP contribution in [0.15, 0.2) is 6.33 Å². The Kier molecular flexibility index (Phi) is 2.12. The van der Waals surface area contributed by atoms with E-state index in [1.807, 2.05) is 6.33 Å². The second-order valence-corrected chi connectivity index (χ2v) is 4.14. The van der Waals surface area contributed by atoms with Gasteiger partial charge in [-0.1, -0.05) is 0 Å². The molecule has 0 aliphatic heterocycles. The fourth-order valence-corrected chi connectivity index (χ4v) is 1.97. The highest BCUT2D eigenvalue weighted by Crippen LogP contribution is 2.21. The van der Waals surface area contributed by atoms with Crippen molar-refractivity contribution in [3.8, 4) is 0 Å². The molecule has 0 saturated heterocycles. The van der Waals surface area contributed by atoms with Gasteiger partial charge in [0, 0.05) is 24.2 Å². The van der Waals surface area contributed by atoms with E-state index in [1.165, 1.54) is 11.4 Å². The third-order valence-electron chi connectivity index (χ3n) is 2.75. The Labute approximate surface area is 79.0 Å². The van der Waals surface area contributed by atoms with Gasteiger partial charge in [-0.25, -0.2) is 4.98 Å². The van der Waals surface area contributed by atoms with Gasteiger partial charge in [0.1, 0.15) is 0 Å². The summed E-state index contributed by atoms with van der Waals surface area (Å²) in [6.07, 6.45) is 5.08. The lowest BCUT2D eigenvalue weighted by atomic mass is 9.96. The average molecular weight is 179 g/mol. The molecule has 0 aromatic carbocycles. The summed E-state index contributed by atoms with van der Waals surface area (Å²) in [5.74, 6) is 0. The SMILES string of the molecule is CC(C)n1cnc2c1CC(N)CC2. The van der Waals surface area contributed by atoms with Gasteiger partial charge in [-0.15, -0.1) is 0 Å². The Morgan fingerprint density at radius 1 is 1.62 bits per heavy atom. The van der Waals surface area contributed by atoms with Crippen molar-refractivity contribution in [1.82, 2.24) is 9.55 Å². The molecule has 2 N–H and O–H groups in total. The maximum atomic E-state index is 5.94. The molecule has 1 heterocycles. The summed E-state index contributed by atoms with van der Waals surface area (Å²) < 4.78 is 2.24. The van der Waals surface area contributed by atoms with Crippen LogP contribution in [0.1, 0.15) is 37.7 Å². The van der Waals surface area contributed by atoms with E-state index < -0.39 is 0 Å². The van der Waals surface area contributed by atoms with Gasteiger partial charge in [0.15, 0.2) is 0 Å². The first-order valence-electron chi connectivity index (χ1n) is 4.98. The van der Waals surface area contributed by atoms with E-state index in [-0.39, 0.29) is 0 Å². The number of aromatic nitrogens is 2. The molecular weight excluding hydrogens is 162 g/mol. The highest BCUT2D eigenvalue weighted by molar-refractivity contribution is 5.19. The predicted octanol–water partition coefficient (Wildman–Crippen LogP) is 1.28. The van der Waals surface area contributed by atoms with Crippen LogP contribution in [-0.2, 0) is 12.8 Å². The fourth-order valence-electron chi connectivity index (χ4n) is 1.97. The molecular formula is C10H17N3. The van der Waals surface area contributed by atoms with E-state index >= 15 is 0 Å². The summed E-state index contributed by atoms with van der Waals surface area (Å²) in [6.45, 7) is 4.37. The van der Waals surface area contributed by atoms with Crippen molar-refractivity contribution in [2.24, 2.45) is 5.73 Å². The Morgan fingerprint density at radius 3 is 3.08 bits per heavy atom. The summed E-state index contributed by atoms with van der Waals surface area (Å²) in [5, 5.41) is 0. The van der Waals surface area contributed by atoms with Crippen LogP contribution in [0, 0.1) is 0 Å². The molecule has 1 atom stereocenters. The molecule has 72 valence electrons. The molecule has 0 bridgehead atoms. The molecule has 1 aromatic rings. The van der Waals surface area contributed by atoms with E-state index in [4.69, 9.17) is 5.73 Å². The molecule has 0 saturated carbocycles. The number of nitrogens with two attached hydrogens (primary N) is 1. The van der Waals surface area contributed by atoms with Crippen molar-refractivity contribution < 1.29 is 0 Å². The van der Waals surface area contributed by atoms with E-state index in [1.54, 1.807) is 0 Å². The molecule has 0 fully saturated rings. The molecule has 0 radical (unpaired) electrons. The van der Waals surface area contributed by atoms with Gasteiger partial charge in [0.25, 0.3) is 0 Å². The minimum atomic E-state index is 0.335. The zero-order chi connectivity index (χ0) is 9.42. The minimum absolute atomic E-state index is 0.335. The molecule has 0 spiro atoms. The standard InChI is InChI=1S/C10H17N3/c1-7(2)13-6-12-9-4-3-8(11)5-10(9)13/h6-8H,3-5,11H2,1-2H3. The fraction of sp³-hybridized carbons (Fsp3) is 0.700. The highest BCUT2D eigenvalue weighted by atomic mass is 15.1. The summed E-state index contributed by atoms with van der Waals surface area (Å²) in [5.41, 5.74) is 8.55. The van der Waals surface area contributed by atoms with Gasteiger partial charge in [-0.3, -0.25) is 0 Å². The predicted molar refractivity (Wildman–Crippen MR) is 52.6 cm³/mol.